The fraction of sp³-hybridized carbons (Fsp3) is 0.946. The van der Waals surface area contributed by atoms with Crippen molar-refractivity contribution < 1.29 is 17.2 Å². The molecule has 0 fully saturated rings. The van der Waals surface area contributed by atoms with E-state index >= 15 is 0 Å². The van der Waals surface area contributed by atoms with Crippen molar-refractivity contribution in [3.05, 3.63) is 12.2 Å². The van der Waals surface area contributed by atoms with E-state index in [1.54, 1.807) is 0 Å². The Hall–Kier alpha value is -0.390. The molecule has 252 valence electrons. The largest absolute Gasteiger partial charge is 0.397 e. The van der Waals surface area contributed by atoms with Crippen LogP contribution in [0.4, 0.5) is 0 Å². The minimum Gasteiger partial charge on any atom is -0.264 e. The van der Waals surface area contributed by atoms with E-state index < -0.39 is 10.4 Å². The first-order valence-corrected chi connectivity index (χ1v) is 20.1. The SMILES string of the molecule is CCCCCCCCCCCCCCC/C=C/C(CCCCCCCCCCCCCCCCCC)COS(=O)(=O)O. The maximum absolute atomic E-state index is 11.1. The lowest BCUT2D eigenvalue weighted by Crippen LogP contribution is -2.12. The van der Waals surface area contributed by atoms with E-state index in [-0.39, 0.29) is 12.5 Å². The number of allylic oxidation sites excluding steroid dienone is 1. The molecule has 1 N–H and O–H groups in total. The fourth-order valence-corrected chi connectivity index (χ4v) is 6.28. The molecule has 0 rings (SSSR count). The van der Waals surface area contributed by atoms with Crippen LogP contribution in [0, 0.1) is 5.92 Å². The van der Waals surface area contributed by atoms with Crippen LogP contribution < -0.4 is 0 Å². The lowest BCUT2D eigenvalue weighted by molar-refractivity contribution is 0.234. The molecule has 0 aliphatic heterocycles. The number of unbranched alkanes of at least 4 members (excludes halogenated alkanes) is 28. The standard InChI is InChI=1S/C37H74O4S/c1-3-5-7-9-11-13-15-17-19-21-23-25-27-29-31-33-35-37(36-41-42(38,39)40)34-32-30-28-26-24-22-20-18-16-14-12-10-8-6-4-2/h32,34,37H,3-31,33,35-36H2,1-2H3,(H,38,39,40)/b34-32+. The molecule has 42 heavy (non-hydrogen) atoms. The zero-order chi connectivity index (χ0) is 30.8. The van der Waals surface area contributed by atoms with Crippen LogP contribution in [0.5, 0.6) is 0 Å². The lowest BCUT2D eigenvalue weighted by Gasteiger charge is -2.12. The quantitative estimate of drug-likeness (QED) is 0.0438. The lowest BCUT2D eigenvalue weighted by atomic mass is 9.99. The van der Waals surface area contributed by atoms with E-state index in [1.165, 1.54) is 180 Å². The van der Waals surface area contributed by atoms with Crippen LogP contribution in [-0.4, -0.2) is 19.6 Å². The molecule has 0 amide bonds. The third kappa shape index (κ3) is 35.8. The van der Waals surface area contributed by atoms with Crippen LogP contribution in [0.25, 0.3) is 0 Å². The average Bonchev–Trinajstić information content (AvgIpc) is 2.96. The van der Waals surface area contributed by atoms with Gasteiger partial charge in [0.05, 0.1) is 6.61 Å². The zero-order valence-electron chi connectivity index (χ0n) is 28.4. The van der Waals surface area contributed by atoms with E-state index in [1.807, 2.05) is 0 Å². The van der Waals surface area contributed by atoms with Gasteiger partial charge in [0, 0.05) is 5.92 Å². The summed E-state index contributed by atoms with van der Waals surface area (Å²) in [6.07, 6.45) is 45.6. The van der Waals surface area contributed by atoms with Crippen LogP contribution in [0.3, 0.4) is 0 Å². The van der Waals surface area contributed by atoms with Crippen LogP contribution in [-0.2, 0) is 14.6 Å². The van der Waals surface area contributed by atoms with Gasteiger partial charge in [-0.3, -0.25) is 4.55 Å². The molecule has 0 saturated carbocycles. The van der Waals surface area contributed by atoms with Crippen molar-refractivity contribution in [3.63, 3.8) is 0 Å². The Kier molecular flexibility index (Phi) is 33.2. The normalized spacial score (nSPS) is 12.9. The van der Waals surface area contributed by atoms with E-state index in [4.69, 9.17) is 8.74 Å². The highest BCUT2D eigenvalue weighted by atomic mass is 32.3. The molecule has 4 nitrogen and oxygen atoms in total. The van der Waals surface area contributed by atoms with Crippen LogP contribution in [0.2, 0.25) is 0 Å². The van der Waals surface area contributed by atoms with Crippen molar-refractivity contribution in [1.29, 1.82) is 0 Å². The number of hydrogen-bond acceptors (Lipinski definition) is 3. The van der Waals surface area contributed by atoms with Crippen molar-refractivity contribution in [1.82, 2.24) is 0 Å². The molecular weight excluding hydrogens is 540 g/mol. The number of hydrogen-bond donors (Lipinski definition) is 1. The van der Waals surface area contributed by atoms with Gasteiger partial charge in [0.15, 0.2) is 0 Å². The third-order valence-electron chi connectivity index (χ3n) is 8.74. The summed E-state index contributed by atoms with van der Waals surface area (Å²) in [4.78, 5) is 0. The minimum absolute atomic E-state index is 0.0483. The van der Waals surface area contributed by atoms with Gasteiger partial charge in [0.25, 0.3) is 0 Å². The van der Waals surface area contributed by atoms with Crippen LogP contribution in [0.15, 0.2) is 12.2 Å². The van der Waals surface area contributed by atoms with E-state index in [2.05, 4.69) is 26.0 Å². The Labute approximate surface area is 264 Å². The molecule has 1 unspecified atom stereocenters. The van der Waals surface area contributed by atoms with Gasteiger partial charge >= 0.3 is 10.4 Å². The number of rotatable bonds is 35. The molecule has 5 heteroatoms. The highest BCUT2D eigenvalue weighted by molar-refractivity contribution is 7.80. The van der Waals surface area contributed by atoms with Crippen LogP contribution >= 0.6 is 0 Å². The van der Waals surface area contributed by atoms with Crippen molar-refractivity contribution >= 4 is 10.4 Å². The first kappa shape index (κ1) is 41.6. The summed E-state index contributed by atoms with van der Waals surface area (Å²) in [5.74, 6) is 0.0561. The van der Waals surface area contributed by atoms with Gasteiger partial charge in [-0.25, -0.2) is 4.18 Å². The summed E-state index contributed by atoms with van der Waals surface area (Å²) < 4.78 is 35.9. The second kappa shape index (κ2) is 33.5. The summed E-state index contributed by atoms with van der Waals surface area (Å²) in [6.45, 7) is 4.60. The fourth-order valence-electron chi connectivity index (χ4n) is 5.93. The summed E-state index contributed by atoms with van der Waals surface area (Å²) in [6, 6.07) is 0. The second-order valence-corrected chi connectivity index (χ2v) is 14.1. The van der Waals surface area contributed by atoms with Crippen molar-refractivity contribution in [2.75, 3.05) is 6.61 Å². The molecule has 1 atom stereocenters. The molecule has 0 heterocycles. The molecular formula is C37H74O4S. The Morgan fingerprint density at radius 1 is 0.500 bits per heavy atom. The van der Waals surface area contributed by atoms with Gasteiger partial charge in [-0.15, -0.1) is 0 Å². The van der Waals surface area contributed by atoms with Gasteiger partial charge in [0.2, 0.25) is 0 Å². The van der Waals surface area contributed by atoms with E-state index in [9.17, 15) is 8.42 Å². The smallest absolute Gasteiger partial charge is 0.264 e. The van der Waals surface area contributed by atoms with E-state index in [0.717, 1.165) is 19.3 Å². The van der Waals surface area contributed by atoms with E-state index in [0.29, 0.717) is 0 Å². The summed E-state index contributed by atoms with van der Waals surface area (Å²) in [5.41, 5.74) is 0. The van der Waals surface area contributed by atoms with Crippen LogP contribution in [0.1, 0.15) is 213 Å². The Morgan fingerprint density at radius 3 is 1.14 bits per heavy atom. The maximum Gasteiger partial charge on any atom is 0.397 e. The summed E-state index contributed by atoms with van der Waals surface area (Å²) >= 11 is 0. The molecule has 0 bridgehead atoms. The molecule has 0 spiro atoms. The molecule has 0 aliphatic carbocycles. The molecule has 0 radical (unpaired) electrons. The second-order valence-electron chi connectivity index (χ2n) is 13.0. The minimum atomic E-state index is -4.37. The Balaban J connectivity index is 3.74. The highest BCUT2D eigenvalue weighted by Gasteiger charge is 2.11. The van der Waals surface area contributed by atoms with Gasteiger partial charge in [-0.05, 0) is 19.3 Å². The van der Waals surface area contributed by atoms with Gasteiger partial charge in [-0.2, -0.15) is 8.42 Å². The Bertz CT molecular complexity index is 646. The monoisotopic (exact) mass is 615 g/mol. The van der Waals surface area contributed by atoms with Crippen molar-refractivity contribution in [2.45, 2.75) is 213 Å². The first-order valence-electron chi connectivity index (χ1n) is 18.8. The molecule has 0 aromatic heterocycles. The molecule has 0 aliphatic rings. The van der Waals surface area contributed by atoms with Gasteiger partial charge < -0.3 is 0 Å². The summed E-state index contributed by atoms with van der Waals surface area (Å²) in [7, 11) is -4.37. The van der Waals surface area contributed by atoms with Gasteiger partial charge in [-0.1, -0.05) is 206 Å². The topological polar surface area (TPSA) is 63.6 Å². The predicted molar refractivity (Wildman–Crippen MR) is 185 cm³/mol. The average molecular weight is 615 g/mol. The summed E-state index contributed by atoms with van der Waals surface area (Å²) in [5, 5.41) is 0. The van der Waals surface area contributed by atoms with Gasteiger partial charge in [0.1, 0.15) is 0 Å². The molecule has 0 aromatic rings. The maximum atomic E-state index is 11.1. The third-order valence-corrected chi connectivity index (χ3v) is 9.18. The highest BCUT2D eigenvalue weighted by Crippen LogP contribution is 2.18. The predicted octanol–water partition coefficient (Wildman–Crippen LogP) is 13.1. The van der Waals surface area contributed by atoms with Crippen molar-refractivity contribution in [2.24, 2.45) is 5.92 Å². The zero-order valence-corrected chi connectivity index (χ0v) is 29.3. The first-order chi connectivity index (χ1) is 20.5. The van der Waals surface area contributed by atoms with Crippen molar-refractivity contribution in [3.8, 4) is 0 Å². The molecule has 0 saturated heterocycles. The Morgan fingerprint density at radius 2 is 0.810 bits per heavy atom. The molecule has 0 aromatic carbocycles.